The summed E-state index contributed by atoms with van der Waals surface area (Å²) in [6, 6.07) is 6.56. The third-order valence-corrected chi connectivity index (χ3v) is 3.01. The van der Waals surface area contributed by atoms with Gasteiger partial charge < -0.3 is 10.8 Å². The standard InChI is InChI=1S/C14H23NO/c1-11-7-8-12(2)13(9-11)5-3-4-6-14(15)10-16/h7-9,14,16H,3-6,10,15H2,1-2H3. The van der Waals surface area contributed by atoms with Crippen LogP contribution in [0.5, 0.6) is 0 Å². The second kappa shape index (κ2) is 6.66. The second-order valence-electron chi connectivity index (χ2n) is 4.62. The lowest BCUT2D eigenvalue weighted by atomic mass is 9.99. The molecule has 0 aliphatic heterocycles. The fourth-order valence-electron chi connectivity index (χ4n) is 1.88. The molecule has 90 valence electrons. The van der Waals surface area contributed by atoms with Crippen LogP contribution in [0.1, 0.15) is 36.0 Å². The molecule has 0 aromatic heterocycles. The van der Waals surface area contributed by atoms with Crippen LogP contribution in [0.3, 0.4) is 0 Å². The van der Waals surface area contributed by atoms with Crippen molar-refractivity contribution in [3.8, 4) is 0 Å². The first-order valence-corrected chi connectivity index (χ1v) is 6.06. The Kier molecular flexibility index (Phi) is 5.50. The lowest BCUT2D eigenvalue weighted by Crippen LogP contribution is -2.23. The summed E-state index contributed by atoms with van der Waals surface area (Å²) in [4.78, 5) is 0. The topological polar surface area (TPSA) is 46.2 Å². The Morgan fingerprint density at radius 3 is 2.69 bits per heavy atom. The Bertz CT molecular complexity index is 323. The molecule has 1 atom stereocenters. The van der Waals surface area contributed by atoms with E-state index in [-0.39, 0.29) is 12.6 Å². The van der Waals surface area contributed by atoms with Crippen molar-refractivity contribution in [3.05, 3.63) is 34.9 Å². The zero-order valence-electron chi connectivity index (χ0n) is 10.4. The van der Waals surface area contributed by atoms with Crippen molar-refractivity contribution in [2.45, 2.75) is 45.6 Å². The van der Waals surface area contributed by atoms with Gasteiger partial charge in [0.2, 0.25) is 0 Å². The molecule has 2 heteroatoms. The highest BCUT2D eigenvalue weighted by Crippen LogP contribution is 2.14. The maximum absolute atomic E-state index is 8.81. The summed E-state index contributed by atoms with van der Waals surface area (Å²) in [6.45, 7) is 4.39. The van der Waals surface area contributed by atoms with Gasteiger partial charge in [0.15, 0.2) is 0 Å². The first-order valence-electron chi connectivity index (χ1n) is 6.06. The molecule has 16 heavy (non-hydrogen) atoms. The summed E-state index contributed by atoms with van der Waals surface area (Å²) >= 11 is 0. The van der Waals surface area contributed by atoms with Crippen molar-refractivity contribution < 1.29 is 5.11 Å². The summed E-state index contributed by atoms with van der Waals surface area (Å²) in [6.07, 6.45) is 4.28. The molecule has 0 radical (unpaired) electrons. The Hall–Kier alpha value is -0.860. The van der Waals surface area contributed by atoms with Crippen molar-refractivity contribution >= 4 is 0 Å². The van der Waals surface area contributed by atoms with Crippen LogP contribution in [0.25, 0.3) is 0 Å². The van der Waals surface area contributed by atoms with Crippen LogP contribution >= 0.6 is 0 Å². The number of aliphatic hydroxyl groups excluding tert-OH is 1. The Labute approximate surface area is 98.5 Å². The zero-order valence-corrected chi connectivity index (χ0v) is 10.4. The molecule has 0 saturated carbocycles. The van der Waals surface area contributed by atoms with E-state index in [9.17, 15) is 0 Å². The monoisotopic (exact) mass is 221 g/mol. The van der Waals surface area contributed by atoms with Gasteiger partial charge in [-0.05, 0) is 44.2 Å². The van der Waals surface area contributed by atoms with Gasteiger partial charge in [-0.1, -0.05) is 30.2 Å². The lowest BCUT2D eigenvalue weighted by molar-refractivity contribution is 0.257. The molecule has 1 aromatic rings. The van der Waals surface area contributed by atoms with E-state index in [2.05, 4.69) is 32.0 Å². The van der Waals surface area contributed by atoms with E-state index >= 15 is 0 Å². The smallest absolute Gasteiger partial charge is 0.0582 e. The Balaban J connectivity index is 2.34. The van der Waals surface area contributed by atoms with Crippen LogP contribution in [-0.2, 0) is 6.42 Å². The molecular weight excluding hydrogens is 198 g/mol. The van der Waals surface area contributed by atoms with Gasteiger partial charge in [-0.25, -0.2) is 0 Å². The molecule has 0 aliphatic rings. The maximum Gasteiger partial charge on any atom is 0.0582 e. The molecule has 1 unspecified atom stereocenters. The number of benzene rings is 1. The average Bonchev–Trinajstić information content (AvgIpc) is 2.28. The first-order chi connectivity index (χ1) is 7.63. The van der Waals surface area contributed by atoms with Gasteiger partial charge in [0.1, 0.15) is 0 Å². The van der Waals surface area contributed by atoms with Crippen molar-refractivity contribution in [1.29, 1.82) is 0 Å². The van der Waals surface area contributed by atoms with Crippen molar-refractivity contribution in [1.82, 2.24) is 0 Å². The van der Waals surface area contributed by atoms with E-state index in [4.69, 9.17) is 10.8 Å². The number of rotatable bonds is 6. The molecule has 0 amide bonds. The summed E-state index contributed by atoms with van der Waals surface area (Å²) < 4.78 is 0. The minimum absolute atomic E-state index is 0.0430. The predicted octanol–water partition coefficient (Wildman–Crippen LogP) is 2.34. The third kappa shape index (κ3) is 4.33. The molecule has 0 aliphatic carbocycles. The van der Waals surface area contributed by atoms with Crippen molar-refractivity contribution in [3.63, 3.8) is 0 Å². The molecule has 0 heterocycles. The SMILES string of the molecule is Cc1ccc(C)c(CCCCC(N)CO)c1. The van der Waals surface area contributed by atoms with Gasteiger partial charge >= 0.3 is 0 Å². The molecule has 3 N–H and O–H groups in total. The zero-order chi connectivity index (χ0) is 12.0. The van der Waals surface area contributed by atoms with Crippen molar-refractivity contribution in [2.75, 3.05) is 6.61 Å². The third-order valence-electron chi connectivity index (χ3n) is 3.01. The van der Waals surface area contributed by atoms with Gasteiger partial charge in [0.05, 0.1) is 6.61 Å². The van der Waals surface area contributed by atoms with E-state index in [0.29, 0.717) is 0 Å². The molecule has 1 rings (SSSR count). The van der Waals surface area contributed by atoms with Crippen molar-refractivity contribution in [2.24, 2.45) is 5.73 Å². The fraction of sp³-hybridized carbons (Fsp3) is 0.571. The van der Waals surface area contributed by atoms with E-state index in [1.165, 1.54) is 16.7 Å². The minimum Gasteiger partial charge on any atom is -0.395 e. The molecule has 0 saturated heterocycles. The highest BCUT2D eigenvalue weighted by Gasteiger charge is 2.02. The number of nitrogens with two attached hydrogens (primary N) is 1. The average molecular weight is 221 g/mol. The van der Waals surface area contributed by atoms with E-state index < -0.39 is 0 Å². The summed E-state index contributed by atoms with van der Waals surface area (Å²) in [5.41, 5.74) is 9.80. The highest BCUT2D eigenvalue weighted by molar-refractivity contribution is 5.30. The lowest BCUT2D eigenvalue weighted by Gasteiger charge is -2.09. The number of unbranched alkanes of at least 4 members (excludes halogenated alkanes) is 1. The number of aryl methyl sites for hydroxylation is 3. The minimum atomic E-state index is -0.0430. The molecule has 2 nitrogen and oxygen atoms in total. The normalized spacial score (nSPS) is 12.8. The maximum atomic E-state index is 8.81. The molecule has 0 bridgehead atoms. The summed E-state index contributed by atoms with van der Waals surface area (Å²) in [7, 11) is 0. The Morgan fingerprint density at radius 2 is 2.00 bits per heavy atom. The van der Waals surface area contributed by atoms with Crippen LogP contribution in [0.15, 0.2) is 18.2 Å². The van der Waals surface area contributed by atoms with Crippen LogP contribution in [-0.4, -0.2) is 17.8 Å². The molecule has 0 fully saturated rings. The summed E-state index contributed by atoms with van der Waals surface area (Å²) in [5.74, 6) is 0. The predicted molar refractivity (Wildman–Crippen MR) is 68.5 cm³/mol. The number of aliphatic hydroxyl groups is 1. The molecule has 1 aromatic carbocycles. The number of hydrogen-bond acceptors (Lipinski definition) is 2. The summed E-state index contributed by atoms with van der Waals surface area (Å²) in [5, 5.41) is 8.81. The quantitative estimate of drug-likeness (QED) is 0.724. The van der Waals surface area contributed by atoms with E-state index in [0.717, 1.165) is 25.7 Å². The highest BCUT2D eigenvalue weighted by atomic mass is 16.3. The van der Waals surface area contributed by atoms with Gasteiger partial charge in [0.25, 0.3) is 0 Å². The van der Waals surface area contributed by atoms with Crippen LogP contribution in [0.4, 0.5) is 0 Å². The van der Waals surface area contributed by atoms with E-state index in [1.807, 2.05) is 0 Å². The van der Waals surface area contributed by atoms with Gasteiger partial charge in [-0.15, -0.1) is 0 Å². The van der Waals surface area contributed by atoms with Gasteiger partial charge in [-0.2, -0.15) is 0 Å². The first kappa shape index (κ1) is 13.2. The van der Waals surface area contributed by atoms with Crippen LogP contribution in [0.2, 0.25) is 0 Å². The largest absolute Gasteiger partial charge is 0.395 e. The molecular formula is C14H23NO. The Morgan fingerprint density at radius 1 is 1.25 bits per heavy atom. The fourth-order valence-corrected chi connectivity index (χ4v) is 1.88. The van der Waals surface area contributed by atoms with E-state index in [1.54, 1.807) is 0 Å². The second-order valence-corrected chi connectivity index (χ2v) is 4.62. The van der Waals surface area contributed by atoms with Gasteiger partial charge in [0, 0.05) is 6.04 Å². The molecule has 0 spiro atoms. The number of hydrogen-bond donors (Lipinski definition) is 2. The van der Waals surface area contributed by atoms with Crippen LogP contribution in [0, 0.1) is 13.8 Å². The van der Waals surface area contributed by atoms with Gasteiger partial charge in [-0.3, -0.25) is 0 Å². The van der Waals surface area contributed by atoms with Crippen LogP contribution < -0.4 is 5.73 Å².